The van der Waals surface area contributed by atoms with Gasteiger partial charge in [-0.2, -0.15) is 13.8 Å². The predicted molar refractivity (Wildman–Crippen MR) is 125 cm³/mol. The molecule has 3 aromatic rings. The van der Waals surface area contributed by atoms with Gasteiger partial charge in [0.2, 0.25) is 5.95 Å². The highest BCUT2D eigenvalue weighted by molar-refractivity contribution is 5.99. The molecule has 0 saturated carbocycles. The maximum absolute atomic E-state index is 14.3. The van der Waals surface area contributed by atoms with Crippen molar-refractivity contribution in [2.24, 2.45) is 0 Å². The normalized spacial score (nSPS) is 13.5. The number of methoxy groups -OCH3 is 1. The number of anilines is 5. The summed E-state index contributed by atoms with van der Waals surface area (Å²) in [6.45, 7) is 0.126. The Bertz CT molecular complexity index is 1350. The van der Waals surface area contributed by atoms with Crippen molar-refractivity contribution in [3.63, 3.8) is 0 Å². The number of hydrogen-bond donors (Lipinski definition) is 4. The van der Waals surface area contributed by atoms with E-state index < -0.39 is 23.8 Å². The monoisotopic (exact) mass is 516 g/mol. The largest absolute Gasteiger partial charge is 0.482 e. The second-order valence-electron chi connectivity index (χ2n) is 7.58. The SMILES string of the molecule is COC(=O)CCNC(=O)c1ccc(Nc2ncc(F)c(Nc3ccc4c(c3)NC(=O)C(F)(F)O4)n2)cc1. The second kappa shape index (κ2) is 10.4. The van der Waals surface area contributed by atoms with Crippen molar-refractivity contribution in [3.05, 3.63) is 60.0 Å². The fourth-order valence-electron chi connectivity index (χ4n) is 3.14. The number of alkyl halides is 2. The molecule has 0 saturated heterocycles. The van der Waals surface area contributed by atoms with Gasteiger partial charge in [0.05, 0.1) is 25.4 Å². The Kier molecular flexibility index (Phi) is 7.08. The molecule has 1 aromatic heterocycles. The molecule has 2 amide bonds. The average molecular weight is 516 g/mol. The molecule has 0 unspecified atom stereocenters. The summed E-state index contributed by atoms with van der Waals surface area (Å²) in [4.78, 5) is 42.6. The lowest BCUT2D eigenvalue weighted by Gasteiger charge is -2.25. The highest BCUT2D eigenvalue weighted by Crippen LogP contribution is 2.37. The van der Waals surface area contributed by atoms with E-state index in [9.17, 15) is 27.6 Å². The molecule has 2 aromatic carbocycles. The summed E-state index contributed by atoms with van der Waals surface area (Å²) in [5, 5.41) is 10.2. The molecule has 14 heteroatoms. The molecule has 0 bridgehead atoms. The number of fused-ring (bicyclic) bond motifs is 1. The van der Waals surface area contributed by atoms with Crippen molar-refractivity contribution in [2.45, 2.75) is 12.5 Å². The van der Waals surface area contributed by atoms with E-state index in [1.54, 1.807) is 12.1 Å². The number of nitrogens with one attached hydrogen (secondary N) is 4. The maximum Gasteiger partial charge on any atom is 0.482 e. The van der Waals surface area contributed by atoms with Gasteiger partial charge < -0.3 is 30.7 Å². The van der Waals surface area contributed by atoms with Crippen molar-refractivity contribution in [2.75, 3.05) is 29.6 Å². The molecule has 11 nitrogen and oxygen atoms in total. The zero-order chi connectivity index (χ0) is 26.6. The van der Waals surface area contributed by atoms with Gasteiger partial charge >= 0.3 is 18.0 Å². The van der Waals surface area contributed by atoms with Gasteiger partial charge in [0.25, 0.3) is 5.91 Å². The Hall–Kier alpha value is -4.88. The van der Waals surface area contributed by atoms with Crippen LogP contribution >= 0.6 is 0 Å². The number of aromatic nitrogens is 2. The first-order valence-corrected chi connectivity index (χ1v) is 10.7. The molecule has 37 heavy (non-hydrogen) atoms. The van der Waals surface area contributed by atoms with Crippen LogP contribution in [0.1, 0.15) is 16.8 Å². The van der Waals surface area contributed by atoms with Gasteiger partial charge in [0.15, 0.2) is 17.4 Å². The lowest BCUT2D eigenvalue weighted by Crippen LogP contribution is -2.43. The number of benzene rings is 2. The summed E-state index contributed by atoms with van der Waals surface area (Å²) in [5.74, 6) is -3.70. The fourth-order valence-corrected chi connectivity index (χ4v) is 3.14. The first kappa shape index (κ1) is 25.2. The minimum Gasteiger partial charge on any atom is -0.469 e. The van der Waals surface area contributed by atoms with Crippen LogP contribution in [-0.2, 0) is 14.3 Å². The quantitative estimate of drug-likeness (QED) is 0.332. The average Bonchev–Trinajstić information content (AvgIpc) is 2.87. The van der Waals surface area contributed by atoms with Gasteiger partial charge in [-0.05, 0) is 42.5 Å². The van der Waals surface area contributed by atoms with Gasteiger partial charge in [-0.1, -0.05) is 0 Å². The molecule has 0 fully saturated rings. The van der Waals surface area contributed by atoms with Gasteiger partial charge in [-0.3, -0.25) is 14.4 Å². The molecule has 4 rings (SSSR count). The summed E-state index contributed by atoms with van der Waals surface area (Å²) in [6, 6.07) is 10.0. The zero-order valence-corrected chi connectivity index (χ0v) is 19.1. The third kappa shape index (κ3) is 6.04. The Morgan fingerprint density at radius 2 is 1.84 bits per heavy atom. The van der Waals surface area contributed by atoms with E-state index in [0.717, 1.165) is 6.20 Å². The highest BCUT2D eigenvalue weighted by atomic mass is 19.3. The van der Waals surface area contributed by atoms with E-state index >= 15 is 0 Å². The van der Waals surface area contributed by atoms with E-state index in [0.29, 0.717) is 11.3 Å². The zero-order valence-electron chi connectivity index (χ0n) is 19.1. The van der Waals surface area contributed by atoms with Crippen LogP contribution in [0.25, 0.3) is 0 Å². The Morgan fingerprint density at radius 3 is 2.57 bits per heavy atom. The molecule has 0 aliphatic carbocycles. The van der Waals surface area contributed by atoms with Gasteiger partial charge in [-0.15, -0.1) is 0 Å². The van der Waals surface area contributed by atoms with Crippen LogP contribution < -0.4 is 26.0 Å². The summed E-state index contributed by atoms with van der Waals surface area (Å²) in [6.07, 6.45) is -3.03. The molecule has 0 spiro atoms. The number of carbonyl (C=O) groups excluding carboxylic acids is 3. The summed E-state index contributed by atoms with van der Waals surface area (Å²) < 4.78 is 50.0. The number of esters is 1. The molecular weight excluding hydrogens is 497 g/mol. The third-order valence-electron chi connectivity index (χ3n) is 4.98. The van der Waals surface area contributed by atoms with Gasteiger partial charge in [0, 0.05) is 23.5 Å². The highest BCUT2D eigenvalue weighted by Gasteiger charge is 2.46. The summed E-state index contributed by atoms with van der Waals surface area (Å²) in [5.41, 5.74) is 1.06. The van der Waals surface area contributed by atoms with E-state index in [4.69, 9.17) is 0 Å². The lowest BCUT2D eigenvalue weighted by molar-refractivity contribution is -0.189. The fraction of sp³-hybridized carbons (Fsp3) is 0.174. The van der Waals surface area contributed by atoms with Crippen LogP contribution in [0.2, 0.25) is 0 Å². The second-order valence-corrected chi connectivity index (χ2v) is 7.58. The maximum atomic E-state index is 14.3. The molecule has 4 N–H and O–H groups in total. The number of hydrogen-bond acceptors (Lipinski definition) is 9. The molecule has 0 atom stereocenters. The van der Waals surface area contributed by atoms with Crippen molar-refractivity contribution in [1.29, 1.82) is 0 Å². The van der Waals surface area contributed by atoms with Crippen LogP contribution in [0.5, 0.6) is 5.75 Å². The van der Waals surface area contributed by atoms with Crippen LogP contribution in [0.15, 0.2) is 48.7 Å². The number of rotatable bonds is 8. The third-order valence-corrected chi connectivity index (χ3v) is 4.98. The smallest absolute Gasteiger partial charge is 0.469 e. The van der Waals surface area contributed by atoms with Crippen molar-refractivity contribution < 1.29 is 37.0 Å². The number of ether oxygens (including phenoxy) is 2. The van der Waals surface area contributed by atoms with Crippen LogP contribution in [0.3, 0.4) is 0 Å². The molecule has 1 aliphatic rings. The van der Waals surface area contributed by atoms with E-state index in [2.05, 4.69) is 35.4 Å². The molecule has 2 heterocycles. The van der Waals surface area contributed by atoms with Crippen LogP contribution in [-0.4, -0.2) is 47.5 Å². The minimum atomic E-state index is -3.99. The Labute approximate surface area is 207 Å². The Morgan fingerprint density at radius 1 is 1.11 bits per heavy atom. The van der Waals surface area contributed by atoms with Crippen molar-refractivity contribution in [1.82, 2.24) is 15.3 Å². The van der Waals surface area contributed by atoms with Crippen LogP contribution in [0.4, 0.5) is 42.0 Å². The van der Waals surface area contributed by atoms with Crippen molar-refractivity contribution in [3.8, 4) is 5.75 Å². The summed E-state index contributed by atoms with van der Waals surface area (Å²) >= 11 is 0. The Balaban J connectivity index is 1.41. The van der Waals surface area contributed by atoms with Gasteiger partial charge in [-0.25, -0.2) is 9.37 Å². The molecular formula is C23H19F3N6O5. The van der Waals surface area contributed by atoms with Crippen LogP contribution in [0, 0.1) is 5.82 Å². The standard InChI is InChI=1S/C23H19F3N6O5/c1-36-18(33)8-9-27-20(34)12-2-4-13(5-3-12)30-22-28-11-15(24)19(32-22)29-14-6-7-17-16(10-14)31-21(35)23(25,26)37-17/h2-7,10-11H,8-9H2,1H3,(H,27,34)(H,31,35)(H2,28,29,30,32). The summed E-state index contributed by atoms with van der Waals surface area (Å²) in [7, 11) is 1.26. The minimum absolute atomic E-state index is 0.0217. The first-order valence-electron chi connectivity index (χ1n) is 10.7. The number of halogens is 3. The van der Waals surface area contributed by atoms with E-state index in [1.807, 2.05) is 5.32 Å². The number of carbonyl (C=O) groups is 3. The molecule has 192 valence electrons. The van der Waals surface area contributed by atoms with Crippen molar-refractivity contribution >= 4 is 46.6 Å². The predicted octanol–water partition coefficient (Wildman–Crippen LogP) is 3.32. The first-order chi connectivity index (χ1) is 17.6. The van der Waals surface area contributed by atoms with E-state index in [1.165, 1.54) is 37.4 Å². The number of nitrogens with zero attached hydrogens (tertiary/aromatic N) is 2. The molecule has 1 aliphatic heterocycles. The topological polar surface area (TPSA) is 144 Å². The number of amides is 2. The van der Waals surface area contributed by atoms with E-state index in [-0.39, 0.29) is 47.8 Å². The lowest BCUT2D eigenvalue weighted by atomic mass is 10.2. The van der Waals surface area contributed by atoms with Gasteiger partial charge in [0.1, 0.15) is 0 Å². The molecule has 0 radical (unpaired) electrons.